The Bertz CT molecular complexity index is 1130. The van der Waals surface area contributed by atoms with Crippen molar-refractivity contribution in [3.63, 3.8) is 0 Å². The van der Waals surface area contributed by atoms with Crippen LogP contribution in [0.4, 0.5) is 0 Å². The summed E-state index contributed by atoms with van der Waals surface area (Å²) in [6.07, 6.45) is 3.46. The molecule has 0 fully saturated rings. The Hall–Kier alpha value is -2.93. The van der Waals surface area contributed by atoms with Gasteiger partial charge in [-0.15, -0.1) is 0 Å². The number of ketones is 1. The Balaban J connectivity index is 2.00. The Morgan fingerprint density at radius 1 is 1.07 bits per heavy atom. The van der Waals surface area contributed by atoms with Crippen LogP contribution in [0, 0.1) is 5.92 Å². The molecule has 158 valence electrons. The molecule has 30 heavy (non-hydrogen) atoms. The topological polar surface area (TPSA) is 78.3 Å². The van der Waals surface area contributed by atoms with E-state index in [-0.39, 0.29) is 17.5 Å². The van der Waals surface area contributed by atoms with Gasteiger partial charge in [0.05, 0.1) is 12.9 Å². The SMILES string of the molecule is COc1ccc(-c2nc(C(=O)C(C)C)cn2-c2ccc(CCS(C)(=O)=O)cc2)cc1. The van der Waals surface area contributed by atoms with Gasteiger partial charge in [-0.1, -0.05) is 26.0 Å². The van der Waals surface area contributed by atoms with Crippen molar-refractivity contribution in [2.24, 2.45) is 5.92 Å². The zero-order valence-electron chi connectivity index (χ0n) is 17.6. The van der Waals surface area contributed by atoms with Gasteiger partial charge in [0.1, 0.15) is 27.1 Å². The summed E-state index contributed by atoms with van der Waals surface area (Å²) in [6.45, 7) is 3.70. The molecule has 0 spiro atoms. The van der Waals surface area contributed by atoms with Gasteiger partial charge < -0.3 is 4.74 Å². The van der Waals surface area contributed by atoms with Crippen LogP contribution in [0.25, 0.3) is 17.1 Å². The van der Waals surface area contributed by atoms with Gasteiger partial charge in [-0.05, 0) is 48.4 Å². The predicted molar refractivity (Wildman–Crippen MR) is 118 cm³/mol. The molecule has 1 heterocycles. The summed E-state index contributed by atoms with van der Waals surface area (Å²) >= 11 is 0. The van der Waals surface area contributed by atoms with Crippen LogP contribution in [0.3, 0.4) is 0 Å². The van der Waals surface area contributed by atoms with E-state index < -0.39 is 9.84 Å². The van der Waals surface area contributed by atoms with E-state index in [1.165, 1.54) is 6.26 Å². The number of hydrogen-bond acceptors (Lipinski definition) is 5. The van der Waals surface area contributed by atoms with E-state index >= 15 is 0 Å². The summed E-state index contributed by atoms with van der Waals surface area (Å²) in [5.74, 6) is 1.33. The molecule has 0 bridgehead atoms. The van der Waals surface area contributed by atoms with Crippen LogP contribution in [0.15, 0.2) is 54.7 Å². The van der Waals surface area contributed by atoms with Crippen molar-refractivity contribution in [3.05, 3.63) is 66.0 Å². The lowest BCUT2D eigenvalue weighted by Crippen LogP contribution is -2.07. The molecule has 0 aliphatic rings. The molecule has 2 aromatic carbocycles. The first-order chi connectivity index (χ1) is 14.2. The van der Waals surface area contributed by atoms with Gasteiger partial charge in [-0.3, -0.25) is 9.36 Å². The number of hydrogen-bond donors (Lipinski definition) is 0. The van der Waals surface area contributed by atoms with Crippen molar-refractivity contribution in [2.75, 3.05) is 19.1 Å². The van der Waals surface area contributed by atoms with Crippen molar-refractivity contribution < 1.29 is 17.9 Å². The van der Waals surface area contributed by atoms with E-state index in [4.69, 9.17) is 4.74 Å². The van der Waals surface area contributed by atoms with E-state index in [1.54, 1.807) is 13.3 Å². The highest BCUT2D eigenvalue weighted by molar-refractivity contribution is 7.90. The zero-order valence-corrected chi connectivity index (χ0v) is 18.4. The number of benzene rings is 2. The summed E-state index contributed by atoms with van der Waals surface area (Å²) in [5.41, 5.74) is 3.06. The van der Waals surface area contributed by atoms with Crippen molar-refractivity contribution in [1.29, 1.82) is 0 Å². The van der Waals surface area contributed by atoms with Crippen molar-refractivity contribution in [1.82, 2.24) is 9.55 Å². The first-order valence-corrected chi connectivity index (χ1v) is 11.8. The number of aromatic nitrogens is 2. The third-order valence-electron chi connectivity index (χ3n) is 4.81. The number of aryl methyl sites for hydroxylation is 1. The lowest BCUT2D eigenvalue weighted by atomic mass is 10.1. The molecule has 3 aromatic rings. The van der Waals surface area contributed by atoms with Gasteiger partial charge in [0.15, 0.2) is 5.78 Å². The fourth-order valence-electron chi connectivity index (χ4n) is 3.06. The minimum atomic E-state index is -3.01. The number of methoxy groups -OCH3 is 1. The van der Waals surface area contributed by atoms with Crippen LogP contribution in [0.1, 0.15) is 29.9 Å². The quantitative estimate of drug-likeness (QED) is 0.509. The van der Waals surface area contributed by atoms with E-state index in [9.17, 15) is 13.2 Å². The zero-order chi connectivity index (χ0) is 21.9. The number of carbonyl (C=O) groups excluding carboxylic acids is 1. The summed E-state index contributed by atoms with van der Waals surface area (Å²) in [5, 5.41) is 0. The number of nitrogens with zero attached hydrogens (tertiary/aromatic N) is 2. The molecule has 0 N–H and O–H groups in total. The molecule has 7 heteroatoms. The number of sulfone groups is 1. The van der Waals surface area contributed by atoms with Gasteiger partial charge >= 0.3 is 0 Å². The van der Waals surface area contributed by atoms with Crippen LogP contribution >= 0.6 is 0 Å². The van der Waals surface area contributed by atoms with Crippen LogP contribution in [0.5, 0.6) is 5.75 Å². The standard InChI is InChI=1S/C23H26N2O4S/c1-16(2)22(26)21-15-25(23(24-21)18-7-11-20(29-3)12-8-18)19-9-5-17(6-10-19)13-14-30(4,27)28/h5-12,15-16H,13-14H2,1-4H3. The molecule has 0 unspecified atom stereocenters. The first-order valence-electron chi connectivity index (χ1n) is 9.73. The molecule has 0 aliphatic carbocycles. The number of Topliss-reactive ketones (excluding diaryl/α,β-unsaturated/α-hetero) is 1. The average molecular weight is 427 g/mol. The maximum atomic E-state index is 12.6. The van der Waals surface area contributed by atoms with Gasteiger partial charge in [-0.2, -0.15) is 0 Å². The molecule has 0 radical (unpaired) electrons. The van der Waals surface area contributed by atoms with E-state index in [2.05, 4.69) is 4.98 Å². The second-order valence-electron chi connectivity index (χ2n) is 7.61. The number of ether oxygens (including phenoxy) is 1. The molecule has 3 rings (SSSR count). The van der Waals surface area contributed by atoms with Gasteiger partial charge in [0, 0.05) is 29.6 Å². The second-order valence-corrected chi connectivity index (χ2v) is 9.87. The predicted octanol–water partition coefficient (Wildman–Crippen LogP) is 3.97. The number of imidazole rings is 1. The molecule has 0 amide bonds. The second kappa shape index (κ2) is 8.83. The van der Waals surface area contributed by atoms with Crippen molar-refractivity contribution in [2.45, 2.75) is 20.3 Å². The van der Waals surface area contributed by atoms with Crippen LogP contribution < -0.4 is 4.74 Å². The molecule has 1 aromatic heterocycles. The van der Waals surface area contributed by atoms with E-state index in [0.717, 1.165) is 22.6 Å². The van der Waals surface area contributed by atoms with Gasteiger partial charge in [-0.25, -0.2) is 13.4 Å². The molecule has 0 aliphatic heterocycles. The lowest BCUT2D eigenvalue weighted by Gasteiger charge is -2.09. The van der Waals surface area contributed by atoms with E-state index in [1.807, 2.05) is 66.9 Å². The van der Waals surface area contributed by atoms with Crippen molar-refractivity contribution >= 4 is 15.6 Å². The fraction of sp³-hybridized carbons (Fsp3) is 0.304. The molecular formula is C23H26N2O4S. The summed E-state index contributed by atoms with van der Waals surface area (Å²) < 4.78 is 29.9. The van der Waals surface area contributed by atoms with Gasteiger partial charge in [0.2, 0.25) is 0 Å². The molecule has 0 saturated carbocycles. The smallest absolute Gasteiger partial charge is 0.185 e. The number of carbonyl (C=O) groups is 1. The summed E-state index contributed by atoms with van der Waals surface area (Å²) in [7, 11) is -1.40. The van der Waals surface area contributed by atoms with E-state index in [0.29, 0.717) is 17.9 Å². The Kier molecular flexibility index (Phi) is 6.41. The Labute approximate surface area is 177 Å². The molecular weight excluding hydrogens is 400 g/mol. The third kappa shape index (κ3) is 5.16. The average Bonchev–Trinajstić information content (AvgIpc) is 3.17. The first kappa shape index (κ1) is 21.8. The maximum absolute atomic E-state index is 12.6. The summed E-state index contributed by atoms with van der Waals surface area (Å²) in [4.78, 5) is 17.2. The molecule has 0 saturated heterocycles. The van der Waals surface area contributed by atoms with Crippen LogP contribution in [-0.4, -0.2) is 42.9 Å². The van der Waals surface area contributed by atoms with Gasteiger partial charge in [0.25, 0.3) is 0 Å². The highest BCUT2D eigenvalue weighted by atomic mass is 32.2. The molecule has 6 nitrogen and oxygen atoms in total. The van der Waals surface area contributed by atoms with Crippen LogP contribution in [0.2, 0.25) is 0 Å². The van der Waals surface area contributed by atoms with Crippen LogP contribution in [-0.2, 0) is 16.3 Å². The Morgan fingerprint density at radius 3 is 2.23 bits per heavy atom. The lowest BCUT2D eigenvalue weighted by molar-refractivity contribution is 0.0935. The highest BCUT2D eigenvalue weighted by Gasteiger charge is 2.19. The third-order valence-corrected chi connectivity index (χ3v) is 5.75. The monoisotopic (exact) mass is 426 g/mol. The Morgan fingerprint density at radius 2 is 1.70 bits per heavy atom. The fourth-order valence-corrected chi connectivity index (χ4v) is 3.67. The summed E-state index contributed by atoms with van der Waals surface area (Å²) in [6, 6.07) is 15.2. The maximum Gasteiger partial charge on any atom is 0.185 e. The number of rotatable bonds is 8. The normalized spacial score (nSPS) is 11.6. The highest BCUT2D eigenvalue weighted by Crippen LogP contribution is 2.26. The minimum absolute atomic E-state index is 0.0201. The molecule has 0 atom stereocenters. The minimum Gasteiger partial charge on any atom is -0.497 e. The van der Waals surface area contributed by atoms with Crippen molar-refractivity contribution in [3.8, 4) is 22.8 Å². The largest absolute Gasteiger partial charge is 0.497 e.